The van der Waals surface area contributed by atoms with Gasteiger partial charge in [-0.15, -0.1) is 0 Å². The molecule has 0 spiro atoms. The lowest BCUT2D eigenvalue weighted by atomic mass is 9.83. The fourth-order valence-electron chi connectivity index (χ4n) is 2.86. The summed E-state index contributed by atoms with van der Waals surface area (Å²) in [6, 6.07) is -0.676. The summed E-state index contributed by atoms with van der Waals surface area (Å²) in [6.45, 7) is -0.112. The number of likely N-dealkylation sites (N-methyl/N-ethyl adjacent to an activating group) is 1. The maximum Gasteiger partial charge on any atom is 0.272 e. The first kappa shape index (κ1) is 17.8. The summed E-state index contributed by atoms with van der Waals surface area (Å²) in [5.74, 6) is -1.01. The number of amides is 3. The molecule has 1 atom stereocenters. The average molecular weight is 333 g/mol. The average Bonchev–Trinajstić information content (AvgIpc) is 2.65. The zero-order valence-electron chi connectivity index (χ0n) is 13.7. The highest BCUT2D eigenvalue weighted by molar-refractivity contribution is 5.96. The Kier molecular flexibility index (Phi) is 6.65. The van der Waals surface area contributed by atoms with Crippen molar-refractivity contribution < 1.29 is 14.4 Å². The fraction of sp³-hybridized carbons (Fsp3) is 0.562. The summed E-state index contributed by atoms with van der Waals surface area (Å²) >= 11 is 0. The standard InChI is InChI=1S/C16H23N5O3/c1-17-13(22)10-20-16(24)14(11-5-3-2-4-6-11)21-15(23)12-9-18-7-8-19-12/h7-9,11,14H,2-6,10H2,1H3,(H,17,22)(H,20,24)(H,21,23)/t14-/m0/s1. The highest BCUT2D eigenvalue weighted by Crippen LogP contribution is 2.26. The van der Waals surface area contributed by atoms with Gasteiger partial charge in [0.15, 0.2) is 0 Å². The molecule has 1 heterocycles. The van der Waals surface area contributed by atoms with Crippen molar-refractivity contribution in [3.05, 3.63) is 24.3 Å². The normalized spacial score (nSPS) is 16.0. The van der Waals surface area contributed by atoms with Crippen molar-refractivity contribution in [2.24, 2.45) is 5.92 Å². The van der Waals surface area contributed by atoms with Gasteiger partial charge in [0.25, 0.3) is 5.91 Å². The quantitative estimate of drug-likeness (QED) is 0.679. The summed E-state index contributed by atoms with van der Waals surface area (Å²) < 4.78 is 0. The zero-order valence-corrected chi connectivity index (χ0v) is 13.7. The summed E-state index contributed by atoms with van der Waals surface area (Å²) in [4.78, 5) is 44.0. The minimum Gasteiger partial charge on any atom is -0.358 e. The molecule has 1 aliphatic carbocycles. The van der Waals surface area contributed by atoms with Crippen LogP contribution >= 0.6 is 0 Å². The molecule has 3 N–H and O–H groups in total. The number of hydrogen-bond donors (Lipinski definition) is 3. The molecule has 130 valence electrons. The molecule has 3 amide bonds. The Balaban J connectivity index is 2.05. The van der Waals surface area contributed by atoms with Gasteiger partial charge in [-0.05, 0) is 18.8 Å². The van der Waals surface area contributed by atoms with E-state index in [9.17, 15) is 14.4 Å². The number of rotatable bonds is 6. The zero-order chi connectivity index (χ0) is 17.4. The van der Waals surface area contributed by atoms with Crippen LogP contribution in [-0.4, -0.2) is 47.3 Å². The Morgan fingerprint density at radius 1 is 1.21 bits per heavy atom. The van der Waals surface area contributed by atoms with Crippen LogP contribution in [0.5, 0.6) is 0 Å². The van der Waals surface area contributed by atoms with Crippen molar-refractivity contribution in [2.75, 3.05) is 13.6 Å². The summed E-state index contributed by atoms with van der Waals surface area (Å²) in [5, 5.41) is 7.79. The van der Waals surface area contributed by atoms with Crippen molar-refractivity contribution in [3.8, 4) is 0 Å². The molecule has 0 bridgehead atoms. The van der Waals surface area contributed by atoms with Crippen LogP contribution in [0.1, 0.15) is 42.6 Å². The van der Waals surface area contributed by atoms with E-state index >= 15 is 0 Å². The smallest absolute Gasteiger partial charge is 0.272 e. The van der Waals surface area contributed by atoms with E-state index in [2.05, 4.69) is 25.9 Å². The van der Waals surface area contributed by atoms with E-state index in [-0.39, 0.29) is 30.0 Å². The Hall–Kier alpha value is -2.51. The van der Waals surface area contributed by atoms with Crippen LogP contribution in [-0.2, 0) is 9.59 Å². The number of carbonyl (C=O) groups is 3. The molecule has 1 fully saturated rings. The van der Waals surface area contributed by atoms with Crippen LogP contribution in [0.2, 0.25) is 0 Å². The second-order valence-corrected chi connectivity index (χ2v) is 5.83. The first-order valence-electron chi connectivity index (χ1n) is 8.17. The number of hydrogen-bond acceptors (Lipinski definition) is 5. The second-order valence-electron chi connectivity index (χ2n) is 5.83. The Morgan fingerprint density at radius 3 is 2.58 bits per heavy atom. The Bertz CT molecular complexity index is 572. The minimum atomic E-state index is -0.676. The molecule has 0 unspecified atom stereocenters. The van der Waals surface area contributed by atoms with Gasteiger partial charge in [-0.1, -0.05) is 19.3 Å². The van der Waals surface area contributed by atoms with Gasteiger partial charge in [0.05, 0.1) is 12.7 Å². The SMILES string of the molecule is CNC(=O)CNC(=O)[C@@H](NC(=O)c1cnccn1)C1CCCCC1. The molecule has 0 radical (unpaired) electrons. The molecule has 0 aromatic carbocycles. The van der Waals surface area contributed by atoms with Gasteiger partial charge in [-0.2, -0.15) is 0 Å². The van der Waals surface area contributed by atoms with Crippen molar-refractivity contribution >= 4 is 17.7 Å². The molecule has 8 heteroatoms. The van der Waals surface area contributed by atoms with E-state index in [1.54, 1.807) is 0 Å². The molecule has 8 nitrogen and oxygen atoms in total. The first-order chi connectivity index (χ1) is 11.6. The van der Waals surface area contributed by atoms with E-state index in [1.807, 2.05) is 0 Å². The van der Waals surface area contributed by atoms with E-state index in [1.165, 1.54) is 25.6 Å². The van der Waals surface area contributed by atoms with Crippen LogP contribution in [0.4, 0.5) is 0 Å². The lowest BCUT2D eigenvalue weighted by Crippen LogP contribution is -2.52. The second kappa shape index (κ2) is 8.95. The largest absolute Gasteiger partial charge is 0.358 e. The highest BCUT2D eigenvalue weighted by atomic mass is 16.2. The van der Waals surface area contributed by atoms with E-state index in [0.29, 0.717) is 0 Å². The third kappa shape index (κ3) is 5.00. The van der Waals surface area contributed by atoms with Crippen LogP contribution in [0.3, 0.4) is 0 Å². The minimum absolute atomic E-state index is 0.0593. The monoisotopic (exact) mass is 333 g/mol. The number of aromatic nitrogens is 2. The predicted molar refractivity (Wildman–Crippen MR) is 86.9 cm³/mol. The van der Waals surface area contributed by atoms with Crippen molar-refractivity contribution in [1.29, 1.82) is 0 Å². The highest BCUT2D eigenvalue weighted by Gasteiger charge is 2.31. The number of nitrogens with zero attached hydrogens (tertiary/aromatic N) is 2. The van der Waals surface area contributed by atoms with Gasteiger partial charge in [-0.3, -0.25) is 19.4 Å². The molecule has 1 aromatic rings. The number of carbonyl (C=O) groups excluding carboxylic acids is 3. The maximum absolute atomic E-state index is 12.5. The molecule has 0 saturated heterocycles. The van der Waals surface area contributed by atoms with Crippen LogP contribution in [0.25, 0.3) is 0 Å². The van der Waals surface area contributed by atoms with E-state index < -0.39 is 11.9 Å². The molecule has 1 aromatic heterocycles. The van der Waals surface area contributed by atoms with Gasteiger partial charge in [-0.25, -0.2) is 4.98 Å². The molecule has 1 saturated carbocycles. The third-order valence-electron chi connectivity index (χ3n) is 4.19. The Labute approximate surface area is 140 Å². The van der Waals surface area contributed by atoms with Gasteiger partial charge in [0.1, 0.15) is 11.7 Å². The van der Waals surface area contributed by atoms with Crippen molar-refractivity contribution in [1.82, 2.24) is 25.9 Å². The molecular weight excluding hydrogens is 310 g/mol. The van der Waals surface area contributed by atoms with Crippen LogP contribution < -0.4 is 16.0 Å². The van der Waals surface area contributed by atoms with Gasteiger partial charge in [0, 0.05) is 19.4 Å². The molecular formula is C16H23N5O3. The first-order valence-corrected chi connectivity index (χ1v) is 8.17. The van der Waals surface area contributed by atoms with Gasteiger partial charge >= 0.3 is 0 Å². The predicted octanol–water partition coefficient (Wildman–Crippen LogP) is 0.0175. The van der Waals surface area contributed by atoms with Gasteiger partial charge < -0.3 is 16.0 Å². The molecule has 0 aliphatic heterocycles. The van der Waals surface area contributed by atoms with E-state index in [4.69, 9.17) is 0 Å². The molecule has 1 aliphatic rings. The number of nitrogens with one attached hydrogen (secondary N) is 3. The molecule has 2 rings (SSSR count). The van der Waals surface area contributed by atoms with E-state index in [0.717, 1.165) is 32.1 Å². The Morgan fingerprint density at radius 2 is 1.96 bits per heavy atom. The lowest BCUT2D eigenvalue weighted by Gasteiger charge is -2.29. The maximum atomic E-state index is 12.5. The molecule has 24 heavy (non-hydrogen) atoms. The fourth-order valence-corrected chi connectivity index (χ4v) is 2.86. The van der Waals surface area contributed by atoms with Crippen molar-refractivity contribution in [3.63, 3.8) is 0 Å². The van der Waals surface area contributed by atoms with Crippen LogP contribution in [0, 0.1) is 5.92 Å². The summed E-state index contributed by atoms with van der Waals surface area (Å²) in [7, 11) is 1.50. The lowest BCUT2D eigenvalue weighted by molar-refractivity contribution is -0.128. The summed E-state index contributed by atoms with van der Waals surface area (Å²) in [6.07, 6.45) is 9.21. The topological polar surface area (TPSA) is 113 Å². The summed E-state index contributed by atoms with van der Waals surface area (Å²) in [5.41, 5.74) is 0.164. The van der Waals surface area contributed by atoms with Crippen molar-refractivity contribution in [2.45, 2.75) is 38.1 Å². The van der Waals surface area contributed by atoms with Gasteiger partial charge in [0.2, 0.25) is 11.8 Å². The van der Waals surface area contributed by atoms with Crippen LogP contribution in [0.15, 0.2) is 18.6 Å². The third-order valence-corrected chi connectivity index (χ3v) is 4.19.